The first kappa shape index (κ1) is 18.0. The minimum atomic E-state index is -5.19. The molecule has 9 heteroatoms. The Bertz CT molecular complexity index is 718. The Balaban J connectivity index is 2.77. The zero-order chi connectivity index (χ0) is 18.1. The maximum Gasteiger partial charge on any atom is 0.573 e. The minimum absolute atomic E-state index is 0.519. The molecular formula is C15H8F8O. The highest BCUT2D eigenvalue weighted by molar-refractivity contribution is 5.77. The van der Waals surface area contributed by atoms with Crippen molar-refractivity contribution >= 4 is 0 Å². The van der Waals surface area contributed by atoms with Gasteiger partial charge in [-0.15, -0.1) is 13.2 Å². The quantitative estimate of drug-likeness (QED) is 0.594. The second kappa shape index (κ2) is 6.29. The van der Waals surface area contributed by atoms with Crippen LogP contribution in [0, 0.1) is 0 Å². The molecule has 24 heavy (non-hydrogen) atoms. The molecule has 2 aromatic rings. The Morgan fingerprint density at radius 1 is 0.792 bits per heavy atom. The summed E-state index contributed by atoms with van der Waals surface area (Å²) in [6.45, 7) is 0. The van der Waals surface area contributed by atoms with Crippen molar-refractivity contribution in [2.24, 2.45) is 0 Å². The van der Waals surface area contributed by atoms with Gasteiger partial charge in [0.05, 0.1) is 5.56 Å². The molecule has 0 amide bonds. The summed E-state index contributed by atoms with van der Waals surface area (Å²) in [4.78, 5) is 0. The molecule has 0 unspecified atom stereocenters. The maximum absolute atomic E-state index is 13.1. The highest BCUT2D eigenvalue weighted by Gasteiger charge is 2.38. The van der Waals surface area contributed by atoms with Crippen molar-refractivity contribution in [3.8, 4) is 16.9 Å². The van der Waals surface area contributed by atoms with E-state index in [-0.39, 0.29) is 0 Å². The van der Waals surface area contributed by atoms with E-state index in [1.807, 2.05) is 0 Å². The number of para-hydroxylation sites is 1. The van der Waals surface area contributed by atoms with E-state index in [4.69, 9.17) is 0 Å². The van der Waals surface area contributed by atoms with Gasteiger partial charge in [0.15, 0.2) is 0 Å². The van der Waals surface area contributed by atoms with E-state index in [1.165, 1.54) is 0 Å². The van der Waals surface area contributed by atoms with Crippen LogP contribution in [0.4, 0.5) is 35.1 Å². The molecule has 2 aromatic carbocycles. The van der Waals surface area contributed by atoms with Crippen molar-refractivity contribution in [1.82, 2.24) is 0 Å². The van der Waals surface area contributed by atoms with Crippen LogP contribution in [0.3, 0.4) is 0 Å². The molecule has 0 radical (unpaired) electrons. The Morgan fingerprint density at radius 3 is 1.96 bits per heavy atom. The van der Waals surface area contributed by atoms with Crippen LogP contribution in [-0.4, -0.2) is 6.36 Å². The summed E-state index contributed by atoms with van der Waals surface area (Å²) in [7, 11) is 0. The van der Waals surface area contributed by atoms with Crippen LogP contribution >= 0.6 is 0 Å². The van der Waals surface area contributed by atoms with Crippen LogP contribution in [0.2, 0.25) is 0 Å². The molecule has 0 atom stereocenters. The predicted molar refractivity (Wildman–Crippen MR) is 68.5 cm³/mol. The highest BCUT2D eigenvalue weighted by atomic mass is 19.4. The summed E-state index contributed by atoms with van der Waals surface area (Å²) in [5.74, 6) is -0.997. The third-order valence-electron chi connectivity index (χ3n) is 3.02. The number of benzene rings is 2. The normalized spacial score (nSPS) is 12.5. The van der Waals surface area contributed by atoms with Crippen molar-refractivity contribution in [3.05, 3.63) is 53.6 Å². The van der Waals surface area contributed by atoms with Crippen molar-refractivity contribution in [1.29, 1.82) is 0 Å². The number of ether oxygens (including phenoxy) is 1. The zero-order valence-electron chi connectivity index (χ0n) is 11.6. The van der Waals surface area contributed by atoms with E-state index in [1.54, 1.807) is 0 Å². The molecule has 0 spiro atoms. The van der Waals surface area contributed by atoms with Crippen LogP contribution in [0.5, 0.6) is 5.75 Å². The summed E-state index contributed by atoms with van der Waals surface area (Å²) in [6.07, 6.45) is -13.5. The number of rotatable bonds is 3. The summed E-state index contributed by atoms with van der Waals surface area (Å²) < 4.78 is 107. The van der Waals surface area contributed by atoms with Gasteiger partial charge < -0.3 is 4.74 Å². The van der Waals surface area contributed by atoms with Gasteiger partial charge in [0.1, 0.15) is 5.75 Å². The molecule has 0 bridgehead atoms. The maximum atomic E-state index is 13.1. The van der Waals surface area contributed by atoms with Crippen molar-refractivity contribution < 1.29 is 39.9 Å². The predicted octanol–water partition coefficient (Wildman–Crippen LogP) is 6.21. The number of alkyl halides is 8. The Morgan fingerprint density at radius 2 is 1.42 bits per heavy atom. The zero-order valence-corrected chi connectivity index (χ0v) is 11.6. The standard InChI is InChI=1S/C15H8F8O/c16-13(17)9-5-3-6-10(14(18,19)20)12(9)8-4-1-2-7-11(8)24-15(21,22)23/h1-7,13H. The Kier molecular flexibility index (Phi) is 4.73. The van der Waals surface area contributed by atoms with Crippen molar-refractivity contribution in [2.75, 3.05) is 0 Å². The molecule has 0 aliphatic heterocycles. The molecular weight excluding hydrogens is 348 g/mol. The monoisotopic (exact) mass is 356 g/mol. The van der Waals surface area contributed by atoms with Crippen LogP contribution < -0.4 is 4.74 Å². The fourth-order valence-electron chi connectivity index (χ4n) is 2.18. The number of halogens is 8. The van der Waals surface area contributed by atoms with E-state index >= 15 is 0 Å². The molecule has 0 saturated carbocycles. The van der Waals surface area contributed by atoms with E-state index in [0.717, 1.165) is 36.4 Å². The molecule has 1 nitrogen and oxygen atoms in total. The average molecular weight is 356 g/mol. The van der Waals surface area contributed by atoms with Gasteiger partial charge in [-0.3, -0.25) is 0 Å². The van der Waals surface area contributed by atoms with Gasteiger partial charge in [-0.25, -0.2) is 8.78 Å². The van der Waals surface area contributed by atoms with Gasteiger partial charge in [0, 0.05) is 16.7 Å². The van der Waals surface area contributed by atoms with Crippen LogP contribution in [0.25, 0.3) is 11.1 Å². The number of hydrogen-bond donors (Lipinski definition) is 0. The van der Waals surface area contributed by atoms with Crippen molar-refractivity contribution in [3.63, 3.8) is 0 Å². The fraction of sp³-hybridized carbons (Fsp3) is 0.200. The number of hydrogen-bond acceptors (Lipinski definition) is 1. The van der Waals surface area contributed by atoms with E-state index in [0.29, 0.717) is 6.07 Å². The van der Waals surface area contributed by atoms with Crippen molar-refractivity contribution in [2.45, 2.75) is 19.0 Å². The molecule has 130 valence electrons. The first-order valence-electron chi connectivity index (χ1n) is 6.34. The average Bonchev–Trinajstić information content (AvgIpc) is 2.44. The molecule has 0 saturated heterocycles. The Labute approximate surface area is 130 Å². The summed E-state index contributed by atoms with van der Waals surface area (Å²) in [5.41, 5.74) is -4.28. The van der Waals surface area contributed by atoms with Gasteiger partial charge >= 0.3 is 12.5 Å². The molecule has 0 aliphatic rings. The van der Waals surface area contributed by atoms with Gasteiger partial charge in [-0.05, 0) is 12.1 Å². The van der Waals surface area contributed by atoms with Crippen LogP contribution in [0.1, 0.15) is 17.6 Å². The molecule has 2 rings (SSSR count). The lowest BCUT2D eigenvalue weighted by Gasteiger charge is -2.19. The van der Waals surface area contributed by atoms with Gasteiger partial charge in [0.25, 0.3) is 6.43 Å². The van der Waals surface area contributed by atoms with Gasteiger partial charge in [-0.1, -0.05) is 30.3 Å². The summed E-state index contributed by atoms with van der Waals surface area (Å²) in [5, 5.41) is 0. The van der Waals surface area contributed by atoms with Gasteiger partial charge in [-0.2, -0.15) is 13.2 Å². The SMILES string of the molecule is FC(F)c1cccc(C(F)(F)F)c1-c1ccccc1OC(F)(F)F. The second-order valence-corrected chi connectivity index (χ2v) is 4.61. The molecule has 0 fully saturated rings. The molecule has 0 aliphatic carbocycles. The van der Waals surface area contributed by atoms with Gasteiger partial charge in [0.2, 0.25) is 0 Å². The first-order valence-corrected chi connectivity index (χ1v) is 6.34. The summed E-state index contributed by atoms with van der Waals surface area (Å²) >= 11 is 0. The van der Waals surface area contributed by atoms with E-state index < -0.39 is 47.0 Å². The smallest absolute Gasteiger partial charge is 0.405 e. The molecule has 0 aromatic heterocycles. The third kappa shape index (κ3) is 3.95. The highest BCUT2D eigenvalue weighted by Crippen LogP contribution is 2.45. The lowest BCUT2D eigenvalue weighted by atomic mass is 9.93. The minimum Gasteiger partial charge on any atom is -0.405 e. The van der Waals surface area contributed by atoms with Crippen LogP contribution in [0.15, 0.2) is 42.5 Å². The van der Waals surface area contributed by atoms with Crippen LogP contribution in [-0.2, 0) is 6.18 Å². The second-order valence-electron chi connectivity index (χ2n) is 4.61. The fourth-order valence-corrected chi connectivity index (χ4v) is 2.18. The largest absolute Gasteiger partial charge is 0.573 e. The summed E-state index contributed by atoms with van der Waals surface area (Å²) in [6, 6.07) is 5.83. The lowest BCUT2D eigenvalue weighted by Crippen LogP contribution is -2.18. The Hall–Kier alpha value is -2.32. The molecule has 0 heterocycles. The first-order chi connectivity index (χ1) is 11.0. The topological polar surface area (TPSA) is 9.23 Å². The third-order valence-corrected chi connectivity index (χ3v) is 3.02. The van der Waals surface area contributed by atoms with E-state index in [2.05, 4.69) is 4.74 Å². The molecule has 0 N–H and O–H groups in total. The lowest BCUT2D eigenvalue weighted by molar-refractivity contribution is -0.274. The van der Waals surface area contributed by atoms with E-state index in [9.17, 15) is 35.1 Å².